The summed E-state index contributed by atoms with van der Waals surface area (Å²) in [5.74, 6) is 1.48. The van der Waals surface area contributed by atoms with E-state index in [-0.39, 0.29) is 12.5 Å². The summed E-state index contributed by atoms with van der Waals surface area (Å²) in [4.78, 5) is 19.4. The average molecular weight is 309 g/mol. The molecule has 5 heteroatoms. The molecule has 0 atom stereocenters. The first-order valence-electron chi connectivity index (χ1n) is 7.60. The van der Waals surface area contributed by atoms with E-state index in [4.69, 9.17) is 4.74 Å². The fraction of sp³-hybridized carbons (Fsp3) is 0.222. The Hall–Kier alpha value is -2.82. The van der Waals surface area contributed by atoms with Crippen molar-refractivity contribution < 1.29 is 9.53 Å². The molecule has 0 unspecified atom stereocenters. The number of para-hydroxylation sites is 1. The van der Waals surface area contributed by atoms with Crippen molar-refractivity contribution in [2.75, 3.05) is 13.2 Å². The molecular formula is C18H19N3O2. The van der Waals surface area contributed by atoms with E-state index in [0.29, 0.717) is 12.3 Å². The Balaban J connectivity index is 1.45. The highest BCUT2D eigenvalue weighted by molar-refractivity contribution is 5.77. The number of benzene rings is 2. The second-order valence-corrected chi connectivity index (χ2v) is 5.38. The number of carbonyl (C=O) groups excluding carboxylic acids is 1. The van der Waals surface area contributed by atoms with Gasteiger partial charge in [-0.2, -0.15) is 0 Å². The van der Waals surface area contributed by atoms with Crippen molar-refractivity contribution in [1.29, 1.82) is 0 Å². The molecule has 2 N–H and O–H groups in total. The van der Waals surface area contributed by atoms with Crippen molar-refractivity contribution in [1.82, 2.24) is 15.3 Å². The SMILES string of the molecule is Cc1nc2ccc(CCNC(=O)COc3ccccc3)cc2[nH]1. The van der Waals surface area contributed by atoms with Gasteiger partial charge in [-0.05, 0) is 43.2 Å². The highest BCUT2D eigenvalue weighted by atomic mass is 16.5. The maximum Gasteiger partial charge on any atom is 0.257 e. The lowest BCUT2D eigenvalue weighted by Gasteiger charge is -2.07. The van der Waals surface area contributed by atoms with Crippen molar-refractivity contribution in [3.05, 3.63) is 59.9 Å². The first-order chi connectivity index (χ1) is 11.2. The number of aromatic nitrogens is 2. The van der Waals surface area contributed by atoms with E-state index in [1.54, 1.807) is 0 Å². The molecule has 1 heterocycles. The number of aryl methyl sites for hydroxylation is 1. The van der Waals surface area contributed by atoms with E-state index < -0.39 is 0 Å². The molecule has 0 bridgehead atoms. The van der Waals surface area contributed by atoms with Crippen LogP contribution in [0, 0.1) is 6.92 Å². The van der Waals surface area contributed by atoms with Crippen LogP contribution in [-0.2, 0) is 11.2 Å². The smallest absolute Gasteiger partial charge is 0.257 e. The van der Waals surface area contributed by atoms with Crippen molar-refractivity contribution in [2.45, 2.75) is 13.3 Å². The van der Waals surface area contributed by atoms with Crippen LogP contribution in [0.2, 0.25) is 0 Å². The minimum absolute atomic E-state index is 0.0305. The fourth-order valence-corrected chi connectivity index (χ4v) is 2.40. The number of aromatic amines is 1. The number of nitrogens with zero attached hydrogens (tertiary/aromatic N) is 1. The van der Waals surface area contributed by atoms with Crippen LogP contribution in [0.4, 0.5) is 0 Å². The molecule has 0 spiro atoms. The van der Waals surface area contributed by atoms with E-state index in [1.165, 1.54) is 0 Å². The van der Waals surface area contributed by atoms with Crippen molar-refractivity contribution in [3.63, 3.8) is 0 Å². The van der Waals surface area contributed by atoms with Gasteiger partial charge < -0.3 is 15.0 Å². The van der Waals surface area contributed by atoms with E-state index in [2.05, 4.69) is 21.4 Å². The molecular weight excluding hydrogens is 290 g/mol. The Bertz CT molecular complexity index is 796. The zero-order valence-electron chi connectivity index (χ0n) is 13.0. The molecule has 3 aromatic rings. The molecule has 0 fully saturated rings. The summed E-state index contributed by atoms with van der Waals surface area (Å²) in [6.07, 6.45) is 0.769. The topological polar surface area (TPSA) is 67.0 Å². The first kappa shape index (κ1) is 15.1. The lowest BCUT2D eigenvalue weighted by atomic mass is 10.1. The molecule has 1 amide bonds. The molecule has 0 aliphatic heterocycles. The van der Waals surface area contributed by atoms with Gasteiger partial charge >= 0.3 is 0 Å². The summed E-state index contributed by atoms with van der Waals surface area (Å²) < 4.78 is 5.41. The van der Waals surface area contributed by atoms with Crippen LogP contribution in [-0.4, -0.2) is 29.0 Å². The maximum atomic E-state index is 11.8. The number of ether oxygens (including phenoxy) is 1. The number of imidazole rings is 1. The molecule has 0 radical (unpaired) electrons. The van der Waals surface area contributed by atoms with E-state index in [0.717, 1.165) is 28.8 Å². The van der Waals surface area contributed by atoms with Crippen molar-refractivity contribution in [2.24, 2.45) is 0 Å². The number of carbonyl (C=O) groups is 1. The largest absolute Gasteiger partial charge is 0.484 e. The number of rotatable bonds is 6. The summed E-state index contributed by atoms with van der Waals surface area (Å²) in [5, 5.41) is 2.86. The molecule has 3 rings (SSSR count). The molecule has 1 aromatic heterocycles. The third kappa shape index (κ3) is 4.10. The van der Waals surface area contributed by atoms with Gasteiger partial charge in [0.25, 0.3) is 5.91 Å². The molecule has 0 saturated heterocycles. The summed E-state index contributed by atoms with van der Waals surface area (Å²) in [6.45, 7) is 2.55. The number of hydrogen-bond donors (Lipinski definition) is 2. The molecule has 23 heavy (non-hydrogen) atoms. The highest BCUT2D eigenvalue weighted by Gasteiger charge is 2.04. The van der Waals surface area contributed by atoms with Gasteiger partial charge in [0, 0.05) is 6.54 Å². The lowest BCUT2D eigenvalue weighted by Crippen LogP contribution is -2.30. The molecule has 0 aliphatic carbocycles. The van der Waals surface area contributed by atoms with E-state index in [1.807, 2.05) is 49.4 Å². The molecule has 5 nitrogen and oxygen atoms in total. The Morgan fingerprint density at radius 1 is 1.22 bits per heavy atom. The zero-order valence-corrected chi connectivity index (χ0v) is 13.0. The second kappa shape index (κ2) is 6.96. The van der Waals surface area contributed by atoms with Gasteiger partial charge in [0.15, 0.2) is 6.61 Å². The fourth-order valence-electron chi connectivity index (χ4n) is 2.40. The number of H-pyrrole nitrogens is 1. The van der Waals surface area contributed by atoms with Crippen LogP contribution < -0.4 is 10.1 Å². The predicted molar refractivity (Wildman–Crippen MR) is 89.5 cm³/mol. The summed E-state index contributed by atoms with van der Waals surface area (Å²) >= 11 is 0. The van der Waals surface area contributed by atoms with Crippen LogP contribution in [0.1, 0.15) is 11.4 Å². The third-order valence-corrected chi connectivity index (χ3v) is 3.51. The Morgan fingerprint density at radius 2 is 2.04 bits per heavy atom. The van der Waals surface area contributed by atoms with Crippen LogP contribution in [0.15, 0.2) is 48.5 Å². The molecule has 0 saturated carbocycles. The number of amides is 1. The lowest BCUT2D eigenvalue weighted by molar-refractivity contribution is -0.123. The maximum absolute atomic E-state index is 11.8. The number of hydrogen-bond acceptors (Lipinski definition) is 3. The van der Waals surface area contributed by atoms with Gasteiger partial charge in [0.2, 0.25) is 0 Å². The number of nitrogens with one attached hydrogen (secondary N) is 2. The predicted octanol–water partition coefficient (Wildman–Crippen LogP) is 2.61. The molecule has 118 valence electrons. The Labute approximate surface area is 134 Å². The van der Waals surface area contributed by atoms with Gasteiger partial charge in [-0.3, -0.25) is 4.79 Å². The van der Waals surface area contributed by atoms with E-state index >= 15 is 0 Å². The van der Waals surface area contributed by atoms with Crippen LogP contribution in [0.5, 0.6) is 5.75 Å². The van der Waals surface area contributed by atoms with Crippen molar-refractivity contribution in [3.8, 4) is 5.75 Å². The quantitative estimate of drug-likeness (QED) is 0.735. The van der Waals surface area contributed by atoms with E-state index in [9.17, 15) is 4.79 Å². The van der Waals surface area contributed by atoms with Gasteiger partial charge in [-0.1, -0.05) is 24.3 Å². The van der Waals surface area contributed by atoms with Gasteiger partial charge in [-0.15, -0.1) is 0 Å². The highest BCUT2D eigenvalue weighted by Crippen LogP contribution is 2.13. The second-order valence-electron chi connectivity index (χ2n) is 5.38. The molecule has 0 aliphatic rings. The Morgan fingerprint density at radius 3 is 2.87 bits per heavy atom. The Kier molecular flexibility index (Phi) is 4.57. The summed E-state index contributed by atoms with van der Waals surface area (Å²) in [5.41, 5.74) is 3.15. The normalized spacial score (nSPS) is 10.7. The van der Waals surface area contributed by atoms with Crippen molar-refractivity contribution >= 4 is 16.9 Å². The van der Waals surface area contributed by atoms with Crippen LogP contribution in [0.25, 0.3) is 11.0 Å². The van der Waals surface area contributed by atoms with Crippen LogP contribution >= 0.6 is 0 Å². The summed E-state index contributed by atoms with van der Waals surface area (Å²) in [7, 11) is 0. The van der Waals surface area contributed by atoms with Gasteiger partial charge in [0.1, 0.15) is 11.6 Å². The minimum Gasteiger partial charge on any atom is -0.484 e. The van der Waals surface area contributed by atoms with Crippen LogP contribution in [0.3, 0.4) is 0 Å². The average Bonchev–Trinajstić information content (AvgIpc) is 2.93. The third-order valence-electron chi connectivity index (χ3n) is 3.51. The van der Waals surface area contributed by atoms with Gasteiger partial charge in [-0.25, -0.2) is 4.98 Å². The standard InChI is InChI=1S/C18H19N3O2/c1-13-20-16-8-7-14(11-17(16)21-13)9-10-19-18(22)12-23-15-5-3-2-4-6-15/h2-8,11H,9-10,12H2,1H3,(H,19,22)(H,20,21). The first-order valence-corrected chi connectivity index (χ1v) is 7.60. The summed E-state index contributed by atoms with van der Waals surface area (Å²) in [6, 6.07) is 15.4. The molecule has 2 aromatic carbocycles. The monoisotopic (exact) mass is 309 g/mol. The van der Waals surface area contributed by atoms with Gasteiger partial charge in [0.05, 0.1) is 11.0 Å². The number of fused-ring (bicyclic) bond motifs is 1. The zero-order chi connectivity index (χ0) is 16.1. The minimum atomic E-state index is -0.118.